The number of esters is 2. The first kappa shape index (κ1) is 53.7. The smallest absolute Gasteiger partial charge is 0.356 e. The quantitative estimate of drug-likeness (QED) is 0.186. The van der Waals surface area contributed by atoms with Gasteiger partial charge in [0.15, 0.2) is 25.2 Å². The summed E-state index contributed by atoms with van der Waals surface area (Å²) in [5.41, 5.74) is 6.57. The topological polar surface area (TPSA) is 306 Å². The zero-order chi connectivity index (χ0) is 58.2. The van der Waals surface area contributed by atoms with Crippen molar-refractivity contribution in [2.45, 2.75) is 164 Å². The maximum atomic E-state index is 13.3. The van der Waals surface area contributed by atoms with Crippen molar-refractivity contribution in [2.24, 2.45) is 0 Å². The molecular weight excluding hydrogens is 1170 g/mol. The predicted octanol–water partition coefficient (Wildman–Crippen LogP) is 1.24. The molecule has 31 nitrogen and oxygen atoms in total. The summed E-state index contributed by atoms with van der Waals surface area (Å²) in [7, 11) is 2.59. The summed E-state index contributed by atoms with van der Waals surface area (Å²) in [4.78, 5) is 45.2. The van der Waals surface area contributed by atoms with Crippen LogP contribution >= 0.6 is 0 Å². The van der Waals surface area contributed by atoms with Crippen LogP contribution in [0.15, 0.2) is 91.0 Å². The lowest BCUT2D eigenvalue weighted by molar-refractivity contribution is -0.594. The number of benzene rings is 2. The van der Waals surface area contributed by atoms with Crippen molar-refractivity contribution < 1.29 is 114 Å². The van der Waals surface area contributed by atoms with Gasteiger partial charge < -0.3 is 104 Å². The van der Waals surface area contributed by atoms with Crippen LogP contribution in [-0.2, 0) is 117 Å². The van der Waals surface area contributed by atoms with Crippen molar-refractivity contribution >= 4 is 11.9 Å². The number of methoxy groups -OCH3 is 2. The molecule has 44 aliphatic rings. The largest absolute Gasteiger partial charge is 0.464 e. The van der Waals surface area contributed by atoms with Crippen LogP contribution in [0.4, 0.5) is 0 Å². The van der Waals surface area contributed by atoms with E-state index < -0.39 is 138 Å². The Bertz CT molecular complexity index is 3220. The van der Waals surface area contributed by atoms with Crippen LogP contribution in [0, 0.1) is 0 Å². The summed E-state index contributed by atoms with van der Waals surface area (Å²) in [5, 5.41) is 6.93. The maximum Gasteiger partial charge on any atom is 0.356 e. The van der Waals surface area contributed by atoms with Crippen LogP contribution in [0.25, 0.3) is 45.0 Å². The molecule has 458 valence electrons. The number of nitrogens with one attached hydrogen (secondary N) is 2. The molecule has 4 atom stereocenters. The van der Waals surface area contributed by atoms with Crippen LogP contribution in [0.5, 0.6) is 0 Å². The van der Waals surface area contributed by atoms with Crippen LogP contribution in [0.1, 0.15) is 32.1 Å². The Kier molecular flexibility index (Phi) is 12.6. The molecule has 88 heavy (non-hydrogen) atoms. The normalized spacial score (nSPS) is 41.8. The molecule has 49 rings (SSSR count). The Labute approximate surface area is 496 Å². The fourth-order valence-electron chi connectivity index (χ4n) is 12.5. The highest BCUT2D eigenvalue weighted by Crippen LogP contribution is 2.46. The summed E-state index contributed by atoms with van der Waals surface area (Å²) in [5.74, 6) is -1.28. The SMILES string of the molecule is COC(=O)c1cc(-c2ccc(CN3C4NC3C3OC(O3)C3OC(O3)C3OC(O3)C3OC(O3)C3OC4O3)cc2)cc(-c2cccc(-c3cc(-c4ccc(CN5C6NC5C5OC(O5)C5OC(O5)C5OC(O5)C5OC(O5)C5OC6O5)cc4)cc(C(=O)OC)n3)n2)n1. The summed E-state index contributed by atoms with van der Waals surface area (Å²) in [6.07, 6.45) is -16.0. The van der Waals surface area contributed by atoms with Gasteiger partial charge in [0.1, 0.15) is 36.1 Å². The second-order valence-electron chi connectivity index (χ2n) is 22.6. The van der Waals surface area contributed by atoms with E-state index in [2.05, 4.69) is 20.4 Å². The number of carbonyl (C=O) groups excluding carboxylic acids is 2. The highest BCUT2D eigenvalue weighted by molar-refractivity contribution is 5.91. The van der Waals surface area contributed by atoms with Crippen LogP contribution in [-0.4, -0.2) is 201 Å². The van der Waals surface area contributed by atoms with E-state index in [1.54, 1.807) is 30.3 Å². The van der Waals surface area contributed by atoms with Crippen molar-refractivity contribution in [2.75, 3.05) is 14.2 Å². The van der Waals surface area contributed by atoms with Gasteiger partial charge in [-0.15, -0.1) is 0 Å². The van der Waals surface area contributed by atoms with Gasteiger partial charge in [0, 0.05) is 13.1 Å². The Balaban J connectivity index is 0.553. The van der Waals surface area contributed by atoms with Gasteiger partial charge in [-0.1, -0.05) is 54.6 Å². The summed E-state index contributed by atoms with van der Waals surface area (Å²) >= 11 is 0. The molecule has 0 spiro atoms. The van der Waals surface area contributed by atoms with Gasteiger partial charge in [-0.3, -0.25) is 20.4 Å². The number of aromatic nitrogens is 3. The van der Waals surface area contributed by atoms with Crippen molar-refractivity contribution in [1.82, 2.24) is 35.4 Å². The minimum atomic E-state index is -0.750. The molecule has 2 N–H and O–H groups in total. The predicted molar refractivity (Wildman–Crippen MR) is 274 cm³/mol. The molecule has 3 aromatic heterocycles. The van der Waals surface area contributed by atoms with E-state index in [4.69, 9.17) is 119 Å². The zero-order valence-corrected chi connectivity index (χ0v) is 46.0. The first-order valence-corrected chi connectivity index (χ1v) is 28.6. The molecule has 0 radical (unpaired) electrons. The van der Waals surface area contributed by atoms with Crippen molar-refractivity contribution in [3.63, 3.8) is 0 Å². The maximum absolute atomic E-state index is 13.3. The first-order chi connectivity index (χ1) is 43.1. The third-order valence-corrected chi connectivity index (χ3v) is 17.3. The van der Waals surface area contributed by atoms with Gasteiger partial charge in [-0.2, -0.15) is 0 Å². The van der Waals surface area contributed by atoms with E-state index in [1.165, 1.54) is 14.2 Å². The minimum absolute atomic E-state index is 0.0662. The molecule has 24 bridgehead atoms. The standard InChI is InChI=1S/C57H51N7O24/c1-67-36(65)30-16-24(22-10-6-20(7-11-22)18-63-32-38-69-42(70-38)46-77-50(78-46)54-85-55(86-54)51-79-47(80-51)43-71-39(72-43)33(63)61-32)14-28(59-30)26-4-3-5-27(58-26)29-15-25(17-31(60-29)37(66)68-2)23-12-8-21(9-13-23)19-64-34-40-73-44(74-40)48-81-52(82-48)56-87-57(88-56)53-83-49(84-53)45-75-41(76-45)35(64)62-34/h3-17,32-35,38-57,61-62H,18-19H2,1-2H3. The van der Waals surface area contributed by atoms with Crippen LogP contribution in [0.2, 0.25) is 0 Å². The van der Waals surface area contributed by atoms with Crippen molar-refractivity contribution in [1.29, 1.82) is 0 Å². The molecule has 47 heterocycles. The molecule has 4 unspecified atom stereocenters. The van der Waals surface area contributed by atoms with Crippen molar-refractivity contribution in [3.05, 3.63) is 114 Å². The van der Waals surface area contributed by atoms with Crippen LogP contribution in [0.3, 0.4) is 0 Å². The average Bonchev–Trinajstić information content (AvgIpc) is 0.793. The third-order valence-electron chi connectivity index (χ3n) is 17.3. The Morgan fingerprint density at radius 2 is 0.602 bits per heavy atom. The number of hydrogen-bond acceptors (Lipinski definition) is 31. The van der Waals surface area contributed by atoms with Gasteiger partial charge in [0.05, 0.1) is 37.0 Å². The van der Waals surface area contributed by atoms with E-state index in [9.17, 15) is 9.59 Å². The van der Waals surface area contributed by atoms with Gasteiger partial charge in [-0.25, -0.2) is 24.5 Å². The monoisotopic (exact) mass is 1220 g/mol. The number of ether oxygens (including phenoxy) is 22. The fraction of sp³-hybridized carbons (Fsp3) is 0.491. The summed E-state index contributed by atoms with van der Waals surface area (Å²) < 4.78 is 128. The molecule has 5 aromatic rings. The van der Waals surface area contributed by atoms with E-state index in [1.807, 2.05) is 60.7 Å². The Morgan fingerprint density at radius 3 is 0.864 bits per heavy atom. The van der Waals surface area contributed by atoms with E-state index in [0.29, 0.717) is 47.0 Å². The number of pyridine rings is 3. The van der Waals surface area contributed by atoms with Crippen molar-refractivity contribution in [3.8, 4) is 45.0 Å². The van der Waals surface area contributed by atoms with E-state index in [0.717, 1.165) is 22.3 Å². The average molecular weight is 1220 g/mol. The first-order valence-electron chi connectivity index (χ1n) is 28.6. The second kappa shape index (κ2) is 20.7. The minimum Gasteiger partial charge on any atom is -0.464 e. The van der Waals surface area contributed by atoms with E-state index >= 15 is 0 Å². The van der Waals surface area contributed by atoms with E-state index in [-0.39, 0.29) is 36.1 Å². The molecule has 31 heteroatoms. The molecule has 2 aromatic carbocycles. The molecular formula is C57H51N7O24. The lowest BCUT2D eigenvalue weighted by Gasteiger charge is -2.61. The number of hydrogen-bond donors (Lipinski definition) is 2. The van der Waals surface area contributed by atoms with Gasteiger partial charge in [0.25, 0.3) is 0 Å². The third kappa shape index (κ3) is 8.93. The molecule has 0 aliphatic carbocycles. The Hall–Kier alpha value is -6.13. The van der Waals surface area contributed by atoms with Crippen LogP contribution < -0.4 is 10.6 Å². The summed E-state index contributed by atoms with van der Waals surface area (Å²) in [6, 6.07) is 28.2. The lowest BCUT2D eigenvalue weighted by Crippen LogP contribution is -2.82. The van der Waals surface area contributed by atoms with Gasteiger partial charge in [-0.05, 0) is 69.8 Å². The second-order valence-corrected chi connectivity index (χ2v) is 22.6. The highest BCUT2D eigenvalue weighted by Gasteiger charge is 2.65. The number of rotatable bonds is 10. The summed E-state index contributed by atoms with van der Waals surface area (Å²) in [6.45, 7) is 0.888. The lowest BCUT2D eigenvalue weighted by atomic mass is 10.0. The molecule has 0 saturated carbocycles. The molecule has 44 aliphatic heterocycles. The zero-order valence-electron chi connectivity index (χ0n) is 46.0. The number of carbonyl (C=O) groups is 2. The molecule has 0 amide bonds. The number of nitrogens with zero attached hydrogens (tertiary/aromatic N) is 5. The highest BCUT2D eigenvalue weighted by atomic mass is 17.0. The molecule has 44 saturated heterocycles. The van der Waals surface area contributed by atoms with Gasteiger partial charge in [0.2, 0.25) is 101 Å². The Morgan fingerprint density at radius 1 is 0.341 bits per heavy atom. The van der Waals surface area contributed by atoms with Gasteiger partial charge >= 0.3 is 11.9 Å². The fourth-order valence-corrected chi connectivity index (χ4v) is 12.5. The molecule has 44 fully saturated rings.